The summed E-state index contributed by atoms with van der Waals surface area (Å²) in [6.45, 7) is 1.87. The van der Waals surface area contributed by atoms with Crippen LogP contribution in [0.1, 0.15) is 37.7 Å². The molecule has 7 rings (SSSR count). The quantitative estimate of drug-likeness (QED) is 0.260. The van der Waals surface area contributed by atoms with E-state index in [4.69, 9.17) is 9.72 Å². The fourth-order valence-electron chi connectivity index (χ4n) is 5.40. The molecule has 1 saturated carbocycles. The van der Waals surface area contributed by atoms with Gasteiger partial charge in [0.2, 0.25) is 0 Å². The van der Waals surface area contributed by atoms with Crippen LogP contribution in [0.25, 0.3) is 55.8 Å². The van der Waals surface area contributed by atoms with Crippen LogP contribution in [-0.2, 0) is 0 Å². The minimum Gasteiger partial charge on any atom is -0.489 e. The van der Waals surface area contributed by atoms with Crippen molar-refractivity contribution in [3.05, 3.63) is 72.7 Å². The molecule has 5 aromatic heterocycles. The van der Waals surface area contributed by atoms with Crippen LogP contribution < -0.4 is 4.74 Å². The van der Waals surface area contributed by atoms with Crippen LogP contribution in [0.5, 0.6) is 5.75 Å². The van der Waals surface area contributed by atoms with Crippen LogP contribution in [-0.4, -0.2) is 41.2 Å². The lowest BCUT2D eigenvalue weighted by molar-refractivity contribution is 0.154. The zero-order valence-electron chi connectivity index (χ0n) is 21.4. The molecule has 9 heteroatoms. The highest BCUT2D eigenvalue weighted by molar-refractivity contribution is 5.97. The van der Waals surface area contributed by atoms with Gasteiger partial charge in [-0.1, -0.05) is 12.5 Å². The maximum absolute atomic E-state index is 14.2. The number of nitrogens with one attached hydrogen (secondary N) is 2. The van der Waals surface area contributed by atoms with E-state index < -0.39 is 0 Å². The Kier molecular flexibility index (Phi) is 5.76. The van der Waals surface area contributed by atoms with E-state index in [0.29, 0.717) is 17.0 Å². The van der Waals surface area contributed by atoms with Crippen molar-refractivity contribution in [3.8, 4) is 39.7 Å². The Morgan fingerprint density at radius 1 is 0.872 bits per heavy atom. The van der Waals surface area contributed by atoms with E-state index in [0.717, 1.165) is 63.0 Å². The third kappa shape index (κ3) is 4.50. The number of halogens is 1. The molecule has 39 heavy (non-hydrogen) atoms. The summed E-state index contributed by atoms with van der Waals surface area (Å²) in [5, 5.41) is 8.47. The lowest BCUT2D eigenvalue weighted by Gasteiger charge is -2.22. The molecule has 0 aliphatic heterocycles. The minimum absolute atomic E-state index is 0.246. The molecule has 8 nitrogen and oxygen atoms in total. The van der Waals surface area contributed by atoms with Crippen LogP contribution in [0.15, 0.2) is 61.3 Å². The van der Waals surface area contributed by atoms with E-state index in [1.165, 1.54) is 31.4 Å². The van der Waals surface area contributed by atoms with Crippen molar-refractivity contribution < 1.29 is 9.13 Å². The average molecular weight is 520 g/mol. The van der Waals surface area contributed by atoms with Crippen molar-refractivity contribution in [2.75, 3.05) is 0 Å². The van der Waals surface area contributed by atoms with Gasteiger partial charge in [0.1, 0.15) is 17.3 Å². The number of pyridine rings is 3. The highest BCUT2D eigenvalue weighted by atomic mass is 19.1. The van der Waals surface area contributed by atoms with Gasteiger partial charge >= 0.3 is 0 Å². The lowest BCUT2D eigenvalue weighted by atomic mass is 9.98. The summed E-state index contributed by atoms with van der Waals surface area (Å²) in [5.74, 6) is 1.06. The number of hydrogen-bond acceptors (Lipinski definition) is 6. The Labute approximate surface area is 223 Å². The van der Waals surface area contributed by atoms with Gasteiger partial charge in [-0.05, 0) is 68.0 Å². The van der Waals surface area contributed by atoms with E-state index in [1.807, 2.05) is 25.1 Å². The van der Waals surface area contributed by atoms with Crippen molar-refractivity contribution >= 4 is 21.9 Å². The molecule has 0 spiro atoms. The van der Waals surface area contributed by atoms with Gasteiger partial charge in [-0.3, -0.25) is 20.1 Å². The van der Waals surface area contributed by atoms with Crippen LogP contribution >= 0.6 is 0 Å². The molecule has 1 aromatic carbocycles. The van der Waals surface area contributed by atoms with Crippen LogP contribution in [0.4, 0.5) is 4.39 Å². The summed E-state index contributed by atoms with van der Waals surface area (Å²) in [4.78, 5) is 21.6. The van der Waals surface area contributed by atoms with Crippen molar-refractivity contribution in [2.24, 2.45) is 0 Å². The summed E-state index contributed by atoms with van der Waals surface area (Å²) >= 11 is 0. The molecular formula is C30H26FN7O. The Hall–Kier alpha value is -4.66. The smallest absolute Gasteiger partial charge is 0.159 e. The maximum Gasteiger partial charge on any atom is 0.159 e. The molecule has 0 amide bonds. The molecule has 0 bridgehead atoms. The number of aromatic amines is 2. The first-order chi connectivity index (χ1) is 19.1. The monoisotopic (exact) mass is 519 g/mol. The zero-order valence-corrected chi connectivity index (χ0v) is 21.4. The Bertz CT molecular complexity index is 1800. The largest absolute Gasteiger partial charge is 0.489 e. The van der Waals surface area contributed by atoms with Gasteiger partial charge in [0.15, 0.2) is 5.82 Å². The van der Waals surface area contributed by atoms with Crippen LogP contribution in [0.3, 0.4) is 0 Å². The second-order valence-corrected chi connectivity index (χ2v) is 10.2. The minimum atomic E-state index is -0.293. The Morgan fingerprint density at radius 2 is 1.74 bits per heavy atom. The first kappa shape index (κ1) is 23.5. The molecule has 1 aliphatic carbocycles. The number of H-pyrrole nitrogens is 2. The maximum atomic E-state index is 14.2. The number of ether oxygens (including phenoxy) is 1. The van der Waals surface area contributed by atoms with Crippen LogP contribution in [0, 0.1) is 12.7 Å². The van der Waals surface area contributed by atoms with Gasteiger partial charge in [0, 0.05) is 28.9 Å². The number of rotatable bonds is 5. The van der Waals surface area contributed by atoms with Gasteiger partial charge in [0.25, 0.3) is 0 Å². The SMILES string of the molecule is Cc1cc(F)cc(-c2cncc3[nH]c(-c4n[nH]c5cnc(-c6cncc(OC7CCCCC7)c6)cc45)nc23)c1. The molecule has 2 N–H and O–H groups in total. The number of imidazole rings is 1. The number of fused-ring (bicyclic) bond motifs is 2. The van der Waals surface area contributed by atoms with Crippen molar-refractivity contribution in [1.82, 2.24) is 35.1 Å². The van der Waals surface area contributed by atoms with Gasteiger partial charge in [-0.15, -0.1) is 0 Å². The summed E-state index contributed by atoms with van der Waals surface area (Å²) < 4.78 is 20.4. The predicted octanol–water partition coefficient (Wildman–Crippen LogP) is 6.78. The molecule has 5 heterocycles. The van der Waals surface area contributed by atoms with E-state index in [1.54, 1.807) is 31.0 Å². The third-order valence-electron chi connectivity index (χ3n) is 7.28. The van der Waals surface area contributed by atoms with E-state index >= 15 is 0 Å². The fraction of sp³-hybridized carbons (Fsp3) is 0.233. The molecule has 0 saturated heterocycles. The molecule has 0 radical (unpaired) electrons. The highest BCUT2D eigenvalue weighted by Crippen LogP contribution is 2.33. The van der Waals surface area contributed by atoms with Gasteiger partial charge < -0.3 is 9.72 Å². The summed E-state index contributed by atoms with van der Waals surface area (Å²) in [5.41, 5.74) is 6.84. The van der Waals surface area contributed by atoms with E-state index in [2.05, 4.69) is 30.1 Å². The predicted molar refractivity (Wildman–Crippen MR) is 148 cm³/mol. The Morgan fingerprint density at radius 3 is 2.62 bits per heavy atom. The number of hydrogen-bond donors (Lipinski definition) is 2. The van der Waals surface area contributed by atoms with E-state index in [9.17, 15) is 4.39 Å². The van der Waals surface area contributed by atoms with Gasteiger partial charge in [0.05, 0.1) is 46.9 Å². The van der Waals surface area contributed by atoms with Crippen molar-refractivity contribution in [2.45, 2.75) is 45.1 Å². The zero-order chi connectivity index (χ0) is 26.3. The standard InChI is InChI=1S/C30H26FN7O/c1-17-7-18(9-20(31)8-17)24-14-33-15-27-28(24)36-30(35-27)29-23-11-25(34-16-26(23)37-38-29)19-10-22(13-32-12-19)39-21-5-3-2-4-6-21/h7-16,21H,2-6H2,1H3,(H,35,36)(H,37,38). The van der Waals surface area contributed by atoms with Gasteiger partial charge in [-0.25, -0.2) is 9.37 Å². The second-order valence-electron chi connectivity index (χ2n) is 10.2. The summed E-state index contributed by atoms with van der Waals surface area (Å²) in [6.07, 6.45) is 14.9. The first-order valence-corrected chi connectivity index (χ1v) is 13.2. The second kappa shape index (κ2) is 9.58. The van der Waals surface area contributed by atoms with E-state index in [-0.39, 0.29) is 11.9 Å². The summed E-state index contributed by atoms with van der Waals surface area (Å²) in [7, 11) is 0. The molecule has 1 fully saturated rings. The third-order valence-corrected chi connectivity index (χ3v) is 7.28. The molecule has 1 aliphatic rings. The molecule has 6 aromatic rings. The topological polar surface area (TPSA) is 105 Å². The highest BCUT2D eigenvalue weighted by Gasteiger charge is 2.18. The first-order valence-electron chi connectivity index (χ1n) is 13.2. The average Bonchev–Trinajstić information content (AvgIpc) is 3.57. The van der Waals surface area contributed by atoms with Crippen molar-refractivity contribution in [3.63, 3.8) is 0 Å². The van der Waals surface area contributed by atoms with Gasteiger partial charge in [-0.2, -0.15) is 5.10 Å². The number of nitrogens with zero attached hydrogens (tertiary/aromatic N) is 5. The fourth-order valence-corrected chi connectivity index (χ4v) is 5.40. The number of aryl methyl sites for hydroxylation is 1. The molecular weight excluding hydrogens is 493 g/mol. The lowest BCUT2D eigenvalue weighted by Crippen LogP contribution is -2.19. The number of benzene rings is 1. The number of aromatic nitrogens is 7. The summed E-state index contributed by atoms with van der Waals surface area (Å²) in [6, 6.07) is 8.91. The normalized spacial score (nSPS) is 14.3. The van der Waals surface area contributed by atoms with Crippen molar-refractivity contribution in [1.29, 1.82) is 0 Å². The Balaban J connectivity index is 1.26. The molecule has 0 unspecified atom stereocenters. The molecule has 194 valence electrons. The van der Waals surface area contributed by atoms with Crippen LogP contribution in [0.2, 0.25) is 0 Å². The molecule has 0 atom stereocenters.